The van der Waals surface area contributed by atoms with Crippen molar-refractivity contribution in [1.29, 1.82) is 0 Å². The minimum Gasteiger partial charge on any atom is -0.396 e. The van der Waals surface area contributed by atoms with Gasteiger partial charge in [0.2, 0.25) is 0 Å². The lowest BCUT2D eigenvalue weighted by molar-refractivity contribution is 0.185. The third-order valence-electron chi connectivity index (χ3n) is 4.35. The second kappa shape index (κ2) is 4.97. The van der Waals surface area contributed by atoms with Crippen molar-refractivity contribution in [3.63, 3.8) is 0 Å². The lowest BCUT2D eigenvalue weighted by Gasteiger charge is -2.19. The van der Waals surface area contributed by atoms with Crippen molar-refractivity contribution >= 4 is 0 Å². The summed E-state index contributed by atoms with van der Waals surface area (Å²) in [4.78, 5) is 7.07. The Balaban J connectivity index is 1.69. The largest absolute Gasteiger partial charge is 0.396 e. The van der Waals surface area contributed by atoms with Crippen LogP contribution in [-0.4, -0.2) is 51.0 Å². The molecular weight excluding hydrogens is 228 g/mol. The Morgan fingerprint density at radius 1 is 1.39 bits per heavy atom. The minimum absolute atomic E-state index is 0.264. The molecule has 1 aromatic heterocycles. The fourth-order valence-corrected chi connectivity index (χ4v) is 3.11. The van der Waals surface area contributed by atoms with Gasteiger partial charge in [0, 0.05) is 38.0 Å². The summed E-state index contributed by atoms with van der Waals surface area (Å²) < 4.78 is 2.01. The number of aliphatic hydroxyl groups is 1. The van der Waals surface area contributed by atoms with Crippen LogP contribution in [0.3, 0.4) is 0 Å². The highest BCUT2D eigenvalue weighted by Crippen LogP contribution is 2.21. The molecule has 2 aliphatic rings. The van der Waals surface area contributed by atoms with E-state index < -0.39 is 0 Å². The third-order valence-corrected chi connectivity index (χ3v) is 4.35. The maximum Gasteiger partial charge on any atom is 0.152 e. The number of aryl methyl sites for hydroxylation is 1. The predicted molar refractivity (Wildman–Crippen MR) is 68.3 cm³/mol. The van der Waals surface area contributed by atoms with E-state index in [9.17, 15) is 5.11 Å². The number of fused-ring (bicyclic) bond motifs is 1. The molecule has 0 spiro atoms. The fourth-order valence-electron chi connectivity index (χ4n) is 3.11. The average molecular weight is 250 g/mol. The Bertz CT molecular complexity index is 417. The Labute approximate surface area is 108 Å². The van der Waals surface area contributed by atoms with E-state index in [0.29, 0.717) is 12.0 Å². The first-order valence-corrected chi connectivity index (χ1v) is 7.00. The Morgan fingerprint density at radius 3 is 3.00 bits per heavy atom. The third kappa shape index (κ3) is 2.29. The Kier molecular flexibility index (Phi) is 3.35. The van der Waals surface area contributed by atoms with Crippen molar-refractivity contribution in [2.24, 2.45) is 5.92 Å². The summed E-state index contributed by atoms with van der Waals surface area (Å²) in [5.41, 5.74) is 0. The Hall–Kier alpha value is -0.940. The molecule has 0 bridgehead atoms. The van der Waals surface area contributed by atoms with Gasteiger partial charge in [-0.2, -0.15) is 5.10 Å². The molecule has 2 unspecified atom stereocenters. The molecule has 1 saturated heterocycles. The quantitative estimate of drug-likeness (QED) is 0.847. The molecule has 0 radical (unpaired) electrons. The number of aliphatic hydroxyl groups excluding tert-OH is 1. The monoisotopic (exact) mass is 250 g/mol. The van der Waals surface area contributed by atoms with Crippen molar-refractivity contribution in [1.82, 2.24) is 19.7 Å². The first-order valence-electron chi connectivity index (χ1n) is 7.00. The summed E-state index contributed by atoms with van der Waals surface area (Å²) in [7, 11) is 2.19. The zero-order valence-electron chi connectivity index (χ0n) is 11.0. The van der Waals surface area contributed by atoms with E-state index >= 15 is 0 Å². The average Bonchev–Trinajstić information content (AvgIpc) is 2.95. The predicted octanol–water partition coefficient (Wildman–Crippen LogP) is 0.469. The van der Waals surface area contributed by atoms with Gasteiger partial charge >= 0.3 is 0 Å². The van der Waals surface area contributed by atoms with Crippen molar-refractivity contribution < 1.29 is 5.11 Å². The van der Waals surface area contributed by atoms with E-state index in [1.54, 1.807) is 0 Å². The zero-order chi connectivity index (χ0) is 12.5. The number of hydrogen-bond acceptors (Lipinski definition) is 4. The fraction of sp³-hybridized carbons (Fsp3) is 0.846. The maximum atomic E-state index is 9.22. The highest BCUT2D eigenvalue weighted by molar-refractivity contribution is 4.99. The van der Waals surface area contributed by atoms with Gasteiger partial charge in [-0.1, -0.05) is 0 Å². The standard InChI is InChI=1S/C13H22N4O/c1-16-6-2-3-11(16)7-12-14-13-5-4-10(9-18)8-17(13)15-12/h10-11,18H,2-9H2,1H3. The molecule has 0 aliphatic carbocycles. The van der Waals surface area contributed by atoms with Crippen molar-refractivity contribution in [3.8, 4) is 0 Å². The molecule has 2 aliphatic heterocycles. The summed E-state index contributed by atoms with van der Waals surface area (Å²) in [5.74, 6) is 2.46. The van der Waals surface area contributed by atoms with E-state index in [4.69, 9.17) is 0 Å². The highest BCUT2D eigenvalue weighted by Gasteiger charge is 2.25. The smallest absolute Gasteiger partial charge is 0.152 e. The van der Waals surface area contributed by atoms with Crippen LogP contribution in [0.4, 0.5) is 0 Å². The molecule has 1 aromatic rings. The van der Waals surface area contributed by atoms with Crippen LogP contribution in [0.5, 0.6) is 0 Å². The van der Waals surface area contributed by atoms with Gasteiger partial charge in [0.05, 0.1) is 0 Å². The minimum atomic E-state index is 0.264. The van der Waals surface area contributed by atoms with Crippen molar-refractivity contribution in [2.75, 3.05) is 20.2 Å². The second-order valence-electron chi connectivity index (χ2n) is 5.69. The zero-order valence-corrected chi connectivity index (χ0v) is 11.0. The van der Waals surface area contributed by atoms with Crippen LogP contribution in [0.15, 0.2) is 0 Å². The number of likely N-dealkylation sites (tertiary alicyclic amines) is 1. The topological polar surface area (TPSA) is 54.2 Å². The number of aromatic nitrogens is 3. The van der Waals surface area contributed by atoms with E-state index in [1.165, 1.54) is 19.4 Å². The molecular formula is C13H22N4O. The first kappa shape index (κ1) is 12.1. The lowest BCUT2D eigenvalue weighted by Crippen LogP contribution is -2.27. The molecule has 5 nitrogen and oxygen atoms in total. The molecule has 3 heterocycles. The highest BCUT2D eigenvalue weighted by atomic mass is 16.3. The second-order valence-corrected chi connectivity index (χ2v) is 5.69. The van der Waals surface area contributed by atoms with Crippen molar-refractivity contribution in [3.05, 3.63) is 11.6 Å². The van der Waals surface area contributed by atoms with Gasteiger partial charge in [0.15, 0.2) is 5.82 Å². The molecule has 2 atom stereocenters. The van der Waals surface area contributed by atoms with Gasteiger partial charge in [-0.05, 0) is 32.9 Å². The van der Waals surface area contributed by atoms with E-state index in [1.807, 2.05) is 4.68 Å². The number of likely N-dealkylation sites (N-methyl/N-ethyl adjacent to an activating group) is 1. The molecule has 3 rings (SSSR count). The van der Waals surface area contributed by atoms with E-state index in [2.05, 4.69) is 22.0 Å². The van der Waals surface area contributed by atoms with Crippen LogP contribution in [0.2, 0.25) is 0 Å². The molecule has 5 heteroatoms. The molecule has 18 heavy (non-hydrogen) atoms. The molecule has 0 amide bonds. The first-order chi connectivity index (χ1) is 8.76. The van der Waals surface area contributed by atoms with E-state index in [-0.39, 0.29) is 6.61 Å². The van der Waals surface area contributed by atoms with Gasteiger partial charge in [-0.25, -0.2) is 9.67 Å². The summed E-state index contributed by atoms with van der Waals surface area (Å²) in [6.07, 6.45) is 5.53. The van der Waals surface area contributed by atoms with Gasteiger partial charge in [0.1, 0.15) is 5.82 Å². The van der Waals surface area contributed by atoms with Crippen molar-refractivity contribution in [2.45, 2.75) is 44.7 Å². The SMILES string of the molecule is CN1CCCC1Cc1nc2n(n1)CC(CO)CC2. The lowest BCUT2D eigenvalue weighted by atomic mass is 10.0. The van der Waals surface area contributed by atoms with Gasteiger partial charge < -0.3 is 10.0 Å². The molecule has 1 N–H and O–H groups in total. The van der Waals surface area contributed by atoms with Gasteiger partial charge in [-0.15, -0.1) is 0 Å². The number of nitrogens with zero attached hydrogens (tertiary/aromatic N) is 4. The van der Waals surface area contributed by atoms with Crippen LogP contribution in [0, 0.1) is 5.92 Å². The van der Waals surface area contributed by atoms with Crippen LogP contribution in [0.25, 0.3) is 0 Å². The van der Waals surface area contributed by atoms with Gasteiger partial charge in [-0.3, -0.25) is 0 Å². The normalized spacial score (nSPS) is 28.6. The maximum absolute atomic E-state index is 9.22. The summed E-state index contributed by atoms with van der Waals surface area (Å²) >= 11 is 0. The van der Waals surface area contributed by atoms with Gasteiger partial charge in [0.25, 0.3) is 0 Å². The number of hydrogen-bond donors (Lipinski definition) is 1. The van der Waals surface area contributed by atoms with Crippen LogP contribution in [-0.2, 0) is 19.4 Å². The number of rotatable bonds is 3. The summed E-state index contributed by atoms with van der Waals surface area (Å²) in [5, 5.41) is 13.8. The molecule has 0 aromatic carbocycles. The summed E-state index contributed by atoms with van der Waals surface area (Å²) in [6.45, 7) is 2.30. The molecule has 1 fully saturated rings. The Morgan fingerprint density at radius 2 is 2.28 bits per heavy atom. The molecule has 0 saturated carbocycles. The molecule has 100 valence electrons. The van der Waals surface area contributed by atoms with Crippen LogP contribution >= 0.6 is 0 Å². The van der Waals surface area contributed by atoms with Crippen LogP contribution in [0.1, 0.15) is 30.9 Å². The van der Waals surface area contributed by atoms with Crippen LogP contribution < -0.4 is 0 Å². The van der Waals surface area contributed by atoms with E-state index in [0.717, 1.165) is 37.5 Å². The summed E-state index contributed by atoms with van der Waals surface area (Å²) in [6, 6.07) is 0.614.